The van der Waals surface area contributed by atoms with E-state index in [2.05, 4.69) is 9.83 Å². The predicted molar refractivity (Wildman–Crippen MR) is 115 cm³/mol. The van der Waals surface area contributed by atoms with Crippen LogP contribution in [-0.2, 0) is 6.18 Å². The molecule has 0 saturated carbocycles. The van der Waals surface area contributed by atoms with Gasteiger partial charge in [-0.1, -0.05) is 12.1 Å². The third-order valence-electron chi connectivity index (χ3n) is 5.52. The summed E-state index contributed by atoms with van der Waals surface area (Å²) in [7, 11) is 1.41. The lowest BCUT2D eigenvalue weighted by molar-refractivity contribution is -0.142. The number of nitrogens with two attached hydrogens (primary N) is 1. The van der Waals surface area contributed by atoms with Crippen LogP contribution in [0.2, 0.25) is 0 Å². The van der Waals surface area contributed by atoms with E-state index in [4.69, 9.17) is 17.0 Å². The van der Waals surface area contributed by atoms with Gasteiger partial charge in [0.05, 0.1) is 13.7 Å². The third kappa shape index (κ3) is 4.20. The molecule has 1 aliphatic heterocycles. The van der Waals surface area contributed by atoms with E-state index in [-0.39, 0.29) is 41.9 Å². The number of likely N-dealkylation sites (tertiary alicyclic amines) is 1. The van der Waals surface area contributed by atoms with E-state index >= 15 is 0 Å². The summed E-state index contributed by atoms with van der Waals surface area (Å²) in [5.41, 5.74) is 3.48. The van der Waals surface area contributed by atoms with Gasteiger partial charge < -0.3 is 15.4 Å². The number of hydrogen-bond donors (Lipinski definition) is 1. The highest BCUT2D eigenvalue weighted by atomic mass is 19.4. The average Bonchev–Trinajstić information content (AvgIpc) is 3.43. The van der Waals surface area contributed by atoms with Crippen molar-refractivity contribution in [2.75, 3.05) is 20.2 Å². The van der Waals surface area contributed by atoms with Crippen molar-refractivity contribution in [1.82, 2.24) is 14.5 Å². The normalized spacial score (nSPS) is 15.9. The van der Waals surface area contributed by atoms with Crippen LogP contribution in [-0.4, -0.2) is 46.6 Å². The van der Waals surface area contributed by atoms with Crippen molar-refractivity contribution in [2.24, 2.45) is 5.73 Å². The lowest BCUT2D eigenvalue weighted by Gasteiger charge is -2.18. The van der Waals surface area contributed by atoms with E-state index in [1.54, 1.807) is 0 Å². The topological polar surface area (TPSA) is 77.7 Å². The second-order valence-corrected chi connectivity index (χ2v) is 7.74. The molecule has 2 N–H and O–H groups in total. The Labute approximate surface area is 192 Å². The number of ether oxygens (including phenoxy) is 1. The van der Waals surface area contributed by atoms with Gasteiger partial charge in [0.1, 0.15) is 17.4 Å². The van der Waals surface area contributed by atoms with Crippen molar-refractivity contribution in [3.05, 3.63) is 71.1 Å². The number of halogens is 4. The number of amides is 1. The van der Waals surface area contributed by atoms with Gasteiger partial charge in [-0.25, -0.2) is 14.2 Å². The Kier molecular flexibility index (Phi) is 6.01. The Balaban J connectivity index is 1.99. The standard InChI is InChI=1S/C23H19F4N5O2/c1-29-18-8-3-13(11-17(18)24)21-30-19(22(33)31-10-9-14(28)12-31)20(23(25,26)27)32(21)15-4-6-16(34-2)7-5-15/h3-8,11,14H,9-10,12,28H2,2H3/t14-/m0/s1. The first kappa shape index (κ1) is 23.3. The fraction of sp³-hybridized carbons (Fsp3) is 0.261. The van der Waals surface area contributed by atoms with Gasteiger partial charge in [0.25, 0.3) is 5.91 Å². The number of carbonyl (C=O) groups is 1. The van der Waals surface area contributed by atoms with Crippen LogP contribution < -0.4 is 10.5 Å². The summed E-state index contributed by atoms with van der Waals surface area (Å²) in [5, 5.41) is 0. The first-order valence-corrected chi connectivity index (χ1v) is 10.2. The lowest BCUT2D eigenvalue weighted by Crippen LogP contribution is -2.33. The zero-order chi connectivity index (χ0) is 24.6. The predicted octanol–water partition coefficient (Wildman–Crippen LogP) is 4.43. The minimum absolute atomic E-state index is 0.0246. The maximum absolute atomic E-state index is 14.4. The molecule has 34 heavy (non-hydrogen) atoms. The fourth-order valence-electron chi connectivity index (χ4n) is 3.87. The summed E-state index contributed by atoms with van der Waals surface area (Å²) in [6.07, 6.45) is -4.50. The Bertz CT molecular complexity index is 1280. The maximum atomic E-state index is 14.4. The van der Waals surface area contributed by atoms with Gasteiger partial charge in [-0.05, 0) is 36.8 Å². The number of rotatable bonds is 4. The number of nitrogens with zero attached hydrogens (tertiary/aromatic N) is 4. The molecule has 0 bridgehead atoms. The smallest absolute Gasteiger partial charge is 0.434 e. The molecular formula is C23H19F4N5O2. The van der Waals surface area contributed by atoms with Crippen molar-refractivity contribution >= 4 is 11.6 Å². The number of hydrogen-bond acceptors (Lipinski definition) is 4. The Morgan fingerprint density at radius 3 is 2.47 bits per heavy atom. The van der Waals surface area contributed by atoms with Crippen LogP contribution in [0.5, 0.6) is 5.75 Å². The summed E-state index contributed by atoms with van der Waals surface area (Å²) in [4.78, 5) is 21.4. The molecule has 2 aromatic carbocycles. The van der Waals surface area contributed by atoms with Gasteiger partial charge in [-0.3, -0.25) is 9.36 Å². The van der Waals surface area contributed by atoms with Crippen molar-refractivity contribution in [1.29, 1.82) is 0 Å². The molecule has 1 atom stereocenters. The van der Waals surface area contributed by atoms with Crippen molar-refractivity contribution in [2.45, 2.75) is 18.6 Å². The zero-order valence-corrected chi connectivity index (χ0v) is 17.9. The van der Waals surface area contributed by atoms with E-state index in [9.17, 15) is 22.4 Å². The van der Waals surface area contributed by atoms with E-state index in [1.165, 1.54) is 42.3 Å². The molecule has 176 valence electrons. The maximum Gasteiger partial charge on any atom is 0.434 e. The van der Waals surface area contributed by atoms with Gasteiger partial charge in [0.2, 0.25) is 5.69 Å². The van der Waals surface area contributed by atoms with Gasteiger partial charge in [-0.15, -0.1) is 0 Å². The Morgan fingerprint density at radius 2 is 1.94 bits per heavy atom. The van der Waals surface area contributed by atoms with E-state index in [0.29, 0.717) is 12.2 Å². The Hall–Kier alpha value is -3.91. The highest BCUT2D eigenvalue weighted by Gasteiger charge is 2.44. The summed E-state index contributed by atoms with van der Waals surface area (Å²) >= 11 is 0. The molecule has 7 nitrogen and oxygen atoms in total. The second kappa shape index (κ2) is 8.79. The number of carbonyl (C=O) groups excluding carboxylic acids is 1. The molecule has 2 heterocycles. The summed E-state index contributed by atoms with van der Waals surface area (Å²) in [5.74, 6) is -1.70. The van der Waals surface area contributed by atoms with Gasteiger partial charge in [-0.2, -0.15) is 13.2 Å². The van der Waals surface area contributed by atoms with Crippen LogP contribution >= 0.6 is 0 Å². The minimum atomic E-state index is -4.97. The third-order valence-corrected chi connectivity index (χ3v) is 5.52. The monoisotopic (exact) mass is 473 g/mol. The highest BCUT2D eigenvalue weighted by molar-refractivity contribution is 5.95. The zero-order valence-electron chi connectivity index (χ0n) is 17.9. The van der Waals surface area contributed by atoms with Crippen molar-refractivity contribution in [3.8, 4) is 22.8 Å². The van der Waals surface area contributed by atoms with E-state index in [1.807, 2.05) is 0 Å². The molecule has 11 heteroatoms. The number of imidazole rings is 1. The molecule has 4 rings (SSSR count). The van der Waals surface area contributed by atoms with Crippen molar-refractivity contribution < 1.29 is 27.1 Å². The molecule has 0 spiro atoms. The average molecular weight is 473 g/mol. The number of benzene rings is 2. The van der Waals surface area contributed by atoms with Crippen LogP contribution in [0.15, 0.2) is 42.5 Å². The van der Waals surface area contributed by atoms with E-state index < -0.39 is 29.3 Å². The van der Waals surface area contributed by atoms with Gasteiger partial charge in [0, 0.05) is 30.4 Å². The fourth-order valence-corrected chi connectivity index (χ4v) is 3.87. The molecule has 1 aliphatic rings. The molecule has 1 amide bonds. The van der Waals surface area contributed by atoms with Gasteiger partial charge >= 0.3 is 6.18 Å². The largest absolute Gasteiger partial charge is 0.497 e. The summed E-state index contributed by atoms with van der Waals surface area (Å²) in [6.45, 7) is 7.32. The van der Waals surface area contributed by atoms with Crippen LogP contribution in [0.25, 0.3) is 21.9 Å². The second-order valence-electron chi connectivity index (χ2n) is 7.74. The first-order valence-electron chi connectivity index (χ1n) is 10.2. The van der Waals surface area contributed by atoms with Crippen molar-refractivity contribution in [3.63, 3.8) is 0 Å². The highest BCUT2D eigenvalue weighted by Crippen LogP contribution is 2.39. The molecule has 1 aromatic heterocycles. The number of aromatic nitrogens is 2. The SMILES string of the molecule is [C-]#[N+]c1ccc(-c2nc(C(=O)N3CC[C@H](N)C3)c(C(F)(F)F)n2-c2ccc(OC)cc2)cc1F. The van der Waals surface area contributed by atoms with E-state index in [0.717, 1.165) is 16.7 Å². The molecule has 0 aliphatic carbocycles. The molecule has 0 unspecified atom stereocenters. The number of methoxy groups -OCH3 is 1. The molecule has 0 radical (unpaired) electrons. The summed E-state index contributed by atoms with van der Waals surface area (Å²) in [6, 6.07) is 8.71. The van der Waals surface area contributed by atoms with Crippen LogP contribution in [0.3, 0.4) is 0 Å². The number of alkyl halides is 3. The lowest BCUT2D eigenvalue weighted by atomic mass is 10.1. The quantitative estimate of drug-likeness (QED) is 0.449. The first-order chi connectivity index (χ1) is 16.1. The van der Waals surface area contributed by atoms with Crippen LogP contribution in [0.1, 0.15) is 22.6 Å². The molecule has 1 saturated heterocycles. The van der Waals surface area contributed by atoms with Crippen LogP contribution in [0.4, 0.5) is 23.2 Å². The Morgan fingerprint density at radius 1 is 1.24 bits per heavy atom. The summed E-state index contributed by atoms with van der Waals surface area (Å²) < 4.78 is 63.4. The van der Waals surface area contributed by atoms with Gasteiger partial charge in [0.15, 0.2) is 11.4 Å². The molecule has 3 aromatic rings. The minimum Gasteiger partial charge on any atom is -0.497 e. The molecular weight excluding hydrogens is 454 g/mol. The molecule has 1 fully saturated rings. The van der Waals surface area contributed by atoms with Crippen LogP contribution in [0, 0.1) is 12.4 Å².